The smallest absolute Gasteiger partial charge is 0.231 e. The lowest BCUT2D eigenvalue weighted by Gasteiger charge is -2.02. The van der Waals surface area contributed by atoms with Crippen LogP contribution in [0.2, 0.25) is 0 Å². The number of carbonyl (C=O) groups is 1. The molecule has 0 saturated heterocycles. The van der Waals surface area contributed by atoms with E-state index in [2.05, 4.69) is 12.3 Å². The van der Waals surface area contributed by atoms with Crippen molar-refractivity contribution in [1.29, 1.82) is 0 Å². The lowest BCUT2D eigenvalue weighted by atomic mass is 10.2. The van der Waals surface area contributed by atoms with Crippen molar-refractivity contribution in [2.75, 3.05) is 0 Å². The lowest BCUT2D eigenvalue weighted by Crippen LogP contribution is -2.08. The fraction of sp³-hybridized carbons (Fsp3) is 0.143. The molecule has 0 aliphatic heterocycles. The van der Waals surface area contributed by atoms with E-state index in [0.717, 1.165) is 10.9 Å². The molecule has 0 N–H and O–H groups in total. The number of benzene rings is 1. The predicted molar refractivity (Wildman–Crippen MR) is 65.5 cm³/mol. The van der Waals surface area contributed by atoms with Gasteiger partial charge in [-0.3, -0.25) is 9.36 Å². The highest BCUT2D eigenvalue weighted by Gasteiger charge is 2.08. The number of aromatic nitrogens is 1. The quantitative estimate of drug-likeness (QED) is 0.738. The summed E-state index contributed by atoms with van der Waals surface area (Å²) < 4.78 is 14.5. The Morgan fingerprint density at radius 3 is 3.06 bits per heavy atom. The molecule has 0 amide bonds. The molecular formula is C14H12FNO. The highest BCUT2D eigenvalue weighted by Crippen LogP contribution is 2.17. The Kier molecular flexibility index (Phi) is 3.22. The molecule has 0 radical (unpaired) electrons. The first-order chi connectivity index (χ1) is 8.22. The molecule has 0 aliphatic carbocycles. The fourth-order valence-corrected chi connectivity index (χ4v) is 1.75. The average molecular weight is 229 g/mol. The third-order valence-corrected chi connectivity index (χ3v) is 2.57. The van der Waals surface area contributed by atoms with Gasteiger partial charge in [-0.15, -0.1) is 5.73 Å². The van der Waals surface area contributed by atoms with E-state index in [1.54, 1.807) is 29.0 Å². The lowest BCUT2D eigenvalue weighted by molar-refractivity contribution is 0.0909. The maximum absolute atomic E-state index is 13.0. The number of rotatable bonds is 3. The number of carbonyl (C=O) groups excluding carboxylic acids is 1. The van der Waals surface area contributed by atoms with Gasteiger partial charge < -0.3 is 0 Å². The van der Waals surface area contributed by atoms with Crippen molar-refractivity contribution in [2.24, 2.45) is 0 Å². The maximum Gasteiger partial charge on any atom is 0.231 e. The minimum absolute atomic E-state index is 0.0156. The normalized spacial score (nSPS) is 10.2. The minimum Gasteiger partial charge on any atom is -0.287 e. The predicted octanol–water partition coefficient (Wildman–Crippen LogP) is 3.54. The first kappa shape index (κ1) is 11.4. The molecule has 2 aromatic rings. The Labute approximate surface area is 98.7 Å². The molecule has 0 spiro atoms. The summed E-state index contributed by atoms with van der Waals surface area (Å²) in [6, 6.07) is 6.13. The Morgan fingerprint density at radius 2 is 2.29 bits per heavy atom. The third kappa shape index (κ3) is 2.35. The second-order valence-corrected chi connectivity index (χ2v) is 3.73. The summed E-state index contributed by atoms with van der Waals surface area (Å²) in [6.07, 6.45) is 4.40. The van der Waals surface area contributed by atoms with Gasteiger partial charge in [0.15, 0.2) is 0 Å². The molecule has 0 fully saturated rings. The van der Waals surface area contributed by atoms with Crippen LogP contribution in [0.5, 0.6) is 0 Å². The van der Waals surface area contributed by atoms with Crippen molar-refractivity contribution in [3.8, 4) is 0 Å². The van der Waals surface area contributed by atoms with Crippen LogP contribution in [-0.2, 0) is 0 Å². The van der Waals surface area contributed by atoms with E-state index in [-0.39, 0.29) is 11.7 Å². The van der Waals surface area contributed by atoms with Crippen LogP contribution in [0.4, 0.5) is 4.39 Å². The summed E-state index contributed by atoms with van der Waals surface area (Å²) in [5.41, 5.74) is 3.36. The third-order valence-electron chi connectivity index (χ3n) is 2.57. The molecule has 1 aromatic carbocycles. The summed E-state index contributed by atoms with van der Waals surface area (Å²) >= 11 is 0. The highest BCUT2D eigenvalue weighted by molar-refractivity contribution is 5.92. The van der Waals surface area contributed by atoms with E-state index in [4.69, 9.17) is 0 Å². The fourth-order valence-electron chi connectivity index (χ4n) is 1.75. The Balaban J connectivity index is 2.29. The van der Waals surface area contributed by atoms with Gasteiger partial charge in [0.1, 0.15) is 5.82 Å². The zero-order valence-electron chi connectivity index (χ0n) is 9.32. The molecule has 0 unspecified atom stereocenters. The van der Waals surface area contributed by atoms with E-state index in [1.165, 1.54) is 12.1 Å². The van der Waals surface area contributed by atoms with Gasteiger partial charge in [-0.2, -0.15) is 0 Å². The summed E-state index contributed by atoms with van der Waals surface area (Å²) in [7, 11) is 0. The standard InChI is InChI=1S/C14H12FNO/c1-2-3-4-5-14(17)16-9-8-11-10-12(15)6-7-13(11)16/h3,6-10H,1,4-5H2. The zero-order valence-corrected chi connectivity index (χ0v) is 9.32. The molecule has 0 saturated carbocycles. The van der Waals surface area contributed by atoms with E-state index in [0.29, 0.717) is 12.8 Å². The van der Waals surface area contributed by atoms with Gasteiger partial charge in [-0.25, -0.2) is 4.39 Å². The van der Waals surface area contributed by atoms with Gasteiger partial charge in [0.25, 0.3) is 0 Å². The maximum atomic E-state index is 13.0. The summed E-state index contributed by atoms with van der Waals surface area (Å²) in [5, 5.41) is 0.734. The summed E-state index contributed by atoms with van der Waals surface area (Å²) in [4.78, 5) is 11.9. The molecule has 0 aliphatic rings. The molecular weight excluding hydrogens is 217 g/mol. The zero-order chi connectivity index (χ0) is 12.3. The highest BCUT2D eigenvalue weighted by atomic mass is 19.1. The van der Waals surface area contributed by atoms with Crippen LogP contribution in [0.15, 0.2) is 48.8 Å². The molecule has 1 aromatic heterocycles. The molecule has 0 atom stereocenters. The Hall–Kier alpha value is -2.12. The van der Waals surface area contributed by atoms with Crippen molar-refractivity contribution in [3.05, 3.63) is 54.7 Å². The van der Waals surface area contributed by atoms with Crippen molar-refractivity contribution >= 4 is 16.8 Å². The average Bonchev–Trinajstić information content (AvgIpc) is 2.72. The van der Waals surface area contributed by atoms with Gasteiger partial charge in [-0.1, -0.05) is 6.58 Å². The molecule has 3 heteroatoms. The van der Waals surface area contributed by atoms with Crippen LogP contribution in [0.1, 0.15) is 17.6 Å². The Morgan fingerprint density at radius 1 is 1.47 bits per heavy atom. The first-order valence-corrected chi connectivity index (χ1v) is 5.36. The van der Waals surface area contributed by atoms with Crippen molar-refractivity contribution < 1.29 is 9.18 Å². The number of allylic oxidation sites excluding steroid dienone is 1. The number of nitrogens with zero attached hydrogens (tertiary/aromatic N) is 1. The van der Waals surface area contributed by atoms with Gasteiger partial charge in [-0.05, 0) is 36.8 Å². The van der Waals surface area contributed by atoms with Crippen LogP contribution in [0.25, 0.3) is 10.9 Å². The van der Waals surface area contributed by atoms with Crippen LogP contribution in [0, 0.1) is 5.82 Å². The first-order valence-electron chi connectivity index (χ1n) is 5.36. The van der Waals surface area contributed by atoms with Crippen molar-refractivity contribution in [1.82, 2.24) is 4.57 Å². The van der Waals surface area contributed by atoms with E-state index < -0.39 is 0 Å². The van der Waals surface area contributed by atoms with Crippen LogP contribution >= 0.6 is 0 Å². The number of halogens is 1. The van der Waals surface area contributed by atoms with E-state index in [9.17, 15) is 9.18 Å². The van der Waals surface area contributed by atoms with Gasteiger partial charge in [0.05, 0.1) is 5.52 Å². The largest absolute Gasteiger partial charge is 0.287 e. The number of fused-ring (bicyclic) bond motifs is 1. The van der Waals surface area contributed by atoms with Gasteiger partial charge in [0.2, 0.25) is 5.91 Å². The SMILES string of the molecule is C=C=CCCC(=O)n1ccc2cc(F)ccc21. The van der Waals surface area contributed by atoms with Crippen LogP contribution < -0.4 is 0 Å². The number of hydrogen-bond acceptors (Lipinski definition) is 1. The number of hydrogen-bond donors (Lipinski definition) is 0. The van der Waals surface area contributed by atoms with E-state index in [1.807, 2.05) is 0 Å². The minimum atomic E-state index is -0.294. The molecule has 1 heterocycles. The van der Waals surface area contributed by atoms with Crippen LogP contribution in [-0.4, -0.2) is 10.5 Å². The second-order valence-electron chi connectivity index (χ2n) is 3.73. The molecule has 86 valence electrons. The molecule has 0 bridgehead atoms. The molecule has 2 nitrogen and oxygen atoms in total. The molecule has 2 rings (SSSR count). The second kappa shape index (κ2) is 4.81. The van der Waals surface area contributed by atoms with Gasteiger partial charge in [0, 0.05) is 18.0 Å². The van der Waals surface area contributed by atoms with Crippen molar-refractivity contribution in [2.45, 2.75) is 12.8 Å². The summed E-state index contributed by atoms with van der Waals surface area (Å²) in [6.45, 7) is 3.44. The van der Waals surface area contributed by atoms with Crippen molar-refractivity contribution in [3.63, 3.8) is 0 Å². The molecule has 17 heavy (non-hydrogen) atoms. The monoisotopic (exact) mass is 229 g/mol. The summed E-state index contributed by atoms with van der Waals surface area (Å²) in [5.74, 6) is -0.310. The topological polar surface area (TPSA) is 22.0 Å². The van der Waals surface area contributed by atoms with Gasteiger partial charge >= 0.3 is 0 Å². The van der Waals surface area contributed by atoms with Crippen LogP contribution in [0.3, 0.4) is 0 Å². The van der Waals surface area contributed by atoms with E-state index >= 15 is 0 Å². The Bertz CT molecular complexity index is 606.